The predicted octanol–water partition coefficient (Wildman–Crippen LogP) is 2.05. The average molecular weight is 373 g/mol. The number of pyridine rings is 1. The normalized spacial score (nSPS) is 10.7. The molecule has 1 aromatic heterocycles. The van der Waals surface area contributed by atoms with Crippen LogP contribution < -0.4 is 25.2 Å². The highest BCUT2D eigenvalue weighted by molar-refractivity contribution is 5.94. The molecule has 0 aliphatic carbocycles. The van der Waals surface area contributed by atoms with Gasteiger partial charge in [-0.15, -0.1) is 0 Å². The van der Waals surface area contributed by atoms with Gasteiger partial charge in [0, 0.05) is 18.3 Å². The number of benzene rings is 1. The van der Waals surface area contributed by atoms with E-state index in [-0.39, 0.29) is 11.1 Å². The van der Waals surface area contributed by atoms with Crippen LogP contribution in [0, 0.1) is 0 Å². The van der Waals surface area contributed by atoms with Crippen LogP contribution in [0.1, 0.15) is 29.8 Å². The molecule has 27 heavy (non-hydrogen) atoms. The number of nitrogens with zero attached hydrogens (tertiary/aromatic N) is 2. The summed E-state index contributed by atoms with van der Waals surface area (Å²) in [6.07, 6.45) is 3.06. The van der Waals surface area contributed by atoms with E-state index >= 15 is 0 Å². The zero-order chi connectivity index (χ0) is 19.8. The molecule has 0 aliphatic rings. The second kappa shape index (κ2) is 9.42. The van der Waals surface area contributed by atoms with Crippen molar-refractivity contribution in [1.82, 2.24) is 9.99 Å². The Morgan fingerprint density at radius 1 is 1.22 bits per heavy atom. The molecule has 144 valence electrons. The van der Waals surface area contributed by atoms with Crippen molar-refractivity contribution < 1.29 is 19.0 Å². The smallest absolute Gasteiger partial charge is 0.276 e. The minimum absolute atomic E-state index is 0.0263. The van der Waals surface area contributed by atoms with E-state index in [2.05, 4.69) is 10.5 Å². The Morgan fingerprint density at radius 3 is 2.44 bits per heavy atom. The highest BCUT2D eigenvalue weighted by atomic mass is 16.5. The van der Waals surface area contributed by atoms with Gasteiger partial charge in [0.05, 0.1) is 27.0 Å². The number of hydrazone groups is 1. The average Bonchev–Trinajstić information content (AvgIpc) is 2.68. The fourth-order valence-corrected chi connectivity index (χ4v) is 2.45. The maximum Gasteiger partial charge on any atom is 0.276 e. The van der Waals surface area contributed by atoms with Crippen molar-refractivity contribution in [1.29, 1.82) is 0 Å². The Kier molecular flexibility index (Phi) is 6.99. The summed E-state index contributed by atoms with van der Waals surface area (Å²) in [5, 5.41) is 3.92. The monoisotopic (exact) mass is 373 g/mol. The molecule has 8 nitrogen and oxygen atoms in total. The molecule has 0 saturated carbocycles. The van der Waals surface area contributed by atoms with Crippen molar-refractivity contribution in [3.05, 3.63) is 51.9 Å². The number of rotatable bonds is 8. The molecule has 0 fully saturated rings. The van der Waals surface area contributed by atoms with E-state index in [1.54, 1.807) is 24.4 Å². The standard InChI is InChI=1S/C19H23N3O5/c1-5-22-9-7-8-14(19(22)24)18(23)21-20-12-13-10-15(25-3)17(27-6-2)16(11-13)26-4/h7-12H,5-6H2,1-4H3,(H,21,23)/b20-12-. The van der Waals surface area contributed by atoms with E-state index in [4.69, 9.17) is 14.2 Å². The van der Waals surface area contributed by atoms with Gasteiger partial charge >= 0.3 is 0 Å². The van der Waals surface area contributed by atoms with Crippen LogP contribution in [0.5, 0.6) is 17.2 Å². The van der Waals surface area contributed by atoms with Crippen molar-refractivity contribution in [2.45, 2.75) is 20.4 Å². The Balaban J connectivity index is 2.21. The lowest BCUT2D eigenvalue weighted by molar-refractivity contribution is 0.0953. The summed E-state index contributed by atoms with van der Waals surface area (Å²) in [4.78, 5) is 24.3. The molecule has 0 radical (unpaired) electrons. The lowest BCUT2D eigenvalue weighted by atomic mass is 10.2. The quantitative estimate of drug-likeness (QED) is 0.565. The van der Waals surface area contributed by atoms with Crippen molar-refractivity contribution >= 4 is 12.1 Å². The van der Waals surface area contributed by atoms with Crippen LogP contribution in [0.15, 0.2) is 40.4 Å². The molecule has 8 heteroatoms. The van der Waals surface area contributed by atoms with Crippen LogP contribution in [0.2, 0.25) is 0 Å². The second-order valence-electron chi connectivity index (χ2n) is 5.40. The van der Waals surface area contributed by atoms with Crippen LogP contribution in [-0.2, 0) is 6.54 Å². The summed E-state index contributed by atoms with van der Waals surface area (Å²) in [5.74, 6) is 0.882. The first-order valence-electron chi connectivity index (χ1n) is 8.47. The van der Waals surface area contributed by atoms with E-state index in [0.717, 1.165) is 0 Å². The lowest BCUT2D eigenvalue weighted by Gasteiger charge is -2.14. The SMILES string of the molecule is CCOc1c(OC)cc(/C=N\NC(=O)c2cccn(CC)c2=O)cc1OC. The molecule has 2 aromatic rings. The van der Waals surface area contributed by atoms with Gasteiger partial charge < -0.3 is 18.8 Å². The Morgan fingerprint density at radius 2 is 1.89 bits per heavy atom. The van der Waals surface area contributed by atoms with Crippen molar-refractivity contribution in [3.63, 3.8) is 0 Å². The number of methoxy groups -OCH3 is 2. The van der Waals surface area contributed by atoms with Gasteiger partial charge in [0.25, 0.3) is 11.5 Å². The topological polar surface area (TPSA) is 91.1 Å². The largest absolute Gasteiger partial charge is 0.493 e. The molecular weight excluding hydrogens is 350 g/mol. The first kappa shape index (κ1) is 20.0. The van der Waals surface area contributed by atoms with Crippen molar-refractivity contribution in [2.24, 2.45) is 5.10 Å². The van der Waals surface area contributed by atoms with Gasteiger partial charge in [-0.2, -0.15) is 5.10 Å². The van der Waals surface area contributed by atoms with E-state index in [0.29, 0.717) is 36.0 Å². The number of ether oxygens (including phenoxy) is 3. The Bertz CT molecular complexity index is 864. The third-order valence-electron chi connectivity index (χ3n) is 3.76. The zero-order valence-electron chi connectivity index (χ0n) is 15.8. The number of aromatic nitrogens is 1. The van der Waals surface area contributed by atoms with Gasteiger partial charge in [-0.05, 0) is 38.1 Å². The molecule has 2 rings (SSSR count). The fourth-order valence-electron chi connectivity index (χ4n) is 2.45. The minimum atomic E-state index is -0.580. The molecule has 0 spiro atoms. The molecule has 0 atom stereocenters. The maximum atomic E-state index is 12.2. The number of amides is 1. The Hall–Kier alpha value is -3.29. The van der Waals surface area contributed by atoms with Gasteiger partial charge in [0.1, 0.15) is 5.56 Å². The van der Waals surface area contributed by atoms with E-state index in [1.165, 1.54) is 31.1 Å². The van der Waals surface area contributed by atoms with Crippen molar-refractivity contribution in [2.75, 3.05) is 20.8 Å². The highest BCUT2D eigenvalue weighted by Gasteiger charge is 2.14. The summed E-state index contributed by atoms with van der Waals surface area (Å²) in [5.41, 5.74) is 2.65. The number of nitrogens with one attached hydrogen (secondary N) is 1. The molecule has 1 N–H and O–H groups in total. The first-order chi connectivity index (χ1) is 13.0. The van der Waals surface area contributed by atoms with E-state index in [9.17, 15) is 9.59 Å². The van der Waals surface area contributed by atoms with Crippen LogP contribution in [0.3, 0.4) is 0 Å². The molecule has 0 aliphatic heterocycles. The summed E-state index contributed by atoms with van der Waals surface area (Å²) in [7, 11) is 3.04. The zero-order valence-corrected chi connectivity index (χ0v) is 15.8. The lowest BCUT2D eigenvalue weighted by Crippen LogP contribution is -2.30. The minimum Gasteiger partial charge on any atom is -0.493 e. The molecule has 1 amide bonds. The molecule has 0 bridgehead atoms. The van der Waals surface area contributed by atoms with Gasteiger partial charge in [0.2, 0.25) is 5.75 Å². The van der Waals surface area contributed by atoms with E-state index < -0.39 is 5.91 Å². The highest BCUT2D eigenvalue weighted by Crippen LogP contribution is 2.38. The van der Waals surface area contributed by atoms with Gasteiger partial charge in [-0.1, -0.05) is 0 Å². The van der Waals surface area contributed by atoms with Crippen LogP contribution in [0.4, 0.5) is 0 Å². The number of carbonyl (C=O) groups excluding carboxylic acids is 1. The molecule has 0 unspecified atom stereocenters. The number of hydrogen-bond acceptors (Lipinski definition) is 6. The van der Waals surface area contributed by atoms with Gasteiger partial charge in [0.15, 0.2) is 11.5 Å². The Labute approximate surface area is 157 Å². The van der Waals surface area contributed by atoms with E-state index in [1.807, 2.05) is 13.8 Å². The molecular formula is C19H23N3O5. The summed E-state index contributed by atoms with van der Waals surface area (Å²) >= 11 is 0. The third-order valence-corrected chi connectivity index (χ3v) is 3.76. The van der Waals surface area contributed by atoms with Gasteiger partial charge in [-0.3, -0.25) is 9.59 Å². The van der Waals surface area contributed by atoms with Gasteiger partial charge in [-0.25, -0.2) is 5.43 Å². The van der Waals surface area contributed by atoms with Crippen LogP contribution >= 0.6 is 0 Å². The molecule has 1 heterocycles. The first-order valence-corrected chi connectivity index (χ1v) is 8.47. The third kappa shape index (κ3) is 4.66. The number of aryl methyl sites for hydroxylation is 1. The fraction of sp³-hybridized carbons (Fsp3) is 0.316. The van der Waals surface area contributed by atoms with Crippen LogP contribution in [0.25, 0.3) is 0 Å². The summed E-state index contributed by atoms with van der Waals surface area (Å²) in [6.45, 7) is 4.63. The molecule has 1 aromatic carbocycles. The second-order valence-corrected chi connectivity index (χ2v) is 5.40. The maximum absolute atomic E-state index is 12.2. The number of hydrogen-bond donors (Lipinski definition) is 1. The summed E-state index contributed by atoms with van der Waals surface area (Å²) in [6, 6.07) is 6.51. The van der Waals surface area contributed by atoms with Crippen LogP contribution in [-0.4, -0.2) is 37.5 Å². The van der Waals surface area contributed by atoms with Crippen molar-refractivity contribution in [3.8, 4) is 17.2 Å². The predicted molar refractivity (Wildman–Crippen MR) is 102 cm³/mol. The summed E-state index contributed by atoms with van der Waals surface area (Å²) < 4.78 is 17.6. The molecule has 0 saturated heterocycles. The number of carbonyl (C=O) groups is 1.